The number of fused-ring (bicyclic) bond motifs is 1. The molecule has 0 radical (unpaired) electrons. The van der Waals surface area contributed by atoms with Crippen LogP contribution >= 0.6 is 0 Å². The zero-order valence-electron chi connectivity index (χ0n) is 12.9. The Kier molecular flexibility index (Phi) is 4.17. The van der Waals surface area contributed by atoms with Crippen LogP contribution in [0.2, 0.25) is 0 Å². The monoisotopic (exact) mass is 273 g/mol. The van der Waals surface area contributed by atoms with Crippen LogP contribution in [0.4, 0.5) is 0 Å². The van der Waals surface area contributed by atoms with Crippen LogP contribution < -0.4 is 5.32 Å². The minimum atomic E-state index is 0.0483. The minimum absolute atomic E-state index is 0.0483. The quantitative estimate of drug-likeness (QED) is 0.921. The molecule has 1 atom stereocenters. The van der Waals surface area contributed by atoms with Gasteiger partial charge in [0.1, 0.15) is 5.58 Å². The third kappa shape index (κ3) is 3.03. The van der Waals surface area contributed by atoms with Crippen LogP contribution in [-0.4, -0.2) is 11.9 Å². The molecule has 108 valence electrons. The maximum absolute atomic E-state index is 12.1. The van der Waals surface area contributed by atoms with E-state index in [2.05, 4.69) is 39.1 Å². The second kappa shape index (κ2) is 5.70. The third-order valence-corrected chi connectivity index (χ3v) is 4.01. The largest absolute Gasteiger partial charge is 0.464 e. The molecular weight excluding hydrogens is 250 g/mol. The highest BCUT2D eigenvalue weighted by molar-refractivity contribution is 5.88. The van der Waals surface area contributed by atoms with Gasteiger partial charge in [0.2, 0.25) is 5.91 Å². The smallest absolute Gasteiger partial charge is 0.224 e. The van der Waals surface area contributed by atoms with E-state index in [0.717, 1.165) is 16.5 Å². The van der Waals surface area contributed by atoms with E-state index in [1.807, 2.05) is 13.0 Å². The number of hydrogen-bond acceptors (Lipinski definition) is 2. The molecule has 0 aliphatic rings. The summed E-state index contributed by atoms with van der Waals surface area (Å²) in [6, 6.07) is 4.32. The lowest BCUT2D eigenvalue weighted by molar-refractivity contribution is -0.121. The van der Waals surface area contributed by atoms with Gasteiger partial charge in [-0.2, -0.15) is 0 Å². The summed E-state index contributed by atoms with van der Waals surface area (Å²) in [7, 11) is 0. The van der Waals surface area contributed by atoms with Crippen LogP contribution in [0.5, 0.6) is 0 Å². The maximum Gasteiger partial charge on any atom is 0.224 e. The summed E-state index contributed by atoms with van der Waals surface area (Å²) in [6.45, 7) is 10.4. The third-order valence-electron chi connectivity index (χ3n) is 4.01. The van der Waals surface area contributed by atoms with Gasteiger partial charge in [-0.3, -0.25) is 4.79 Å². The Labute approximate surface area is 120 Å². The van der Waals surface area contributed by atoms with Crippen LogP contribution in [0.1, 0.15) is 37.5 Å². The first-order valence-corrected chi connectivity index (χ1v) is 7.15. The number of carbonyl (C=O) groups excluding carboxylic acids is 1. The number of carbonyl (C=O) groups is 1. The zero-order chi connectivity index (χ0) is 14.9. The zero-order valence-corrected chi connectivity index (χ0v) is 12.9. The Morgan fingerprint density at radius 2 is 1.85 bits per heavy atom. The summed E-state index contributed by atoms with van der Waals surface area (Å²) in [5.41, 5.74) is 4.23. The second-order valence-electron chi connectivity index (χ2n) is 5.97. The van der Waals surface area contributed by atoms with E-state index in [1.54, 1.807) is 6.26 Å². The molecule has 20 heavy (non-hydrogen) atoms. The van der Waals surface area contributed by atoms with Crippen molar-refractivity contribution in [2.45, 2.75) is 47.1 Å². The van der Waals surface area contributed by atoms with Crippen LogP contribution in [0, 0.1) is 19.8 Å². The first-order chi connectivity index (χ1) is 9.38. The van der Waals surface area contributed by atoms with Crippen molar-refractivity contribution in [1.29, 1.82) is 0 Å². The van der Waals surface area contributed by atoms with Gasteiger partial charge in [0.25, 0.3) is 0 Å². The van der Waals surface area contributed by atoms with Crippen molar-refractivity contribution in [3.05, 3.63) is 35.1 Å². The predicted molar refractivity (Wildman–Crippen MR) is 81.8 cm³/mol. The molecule has 0 saturated carbocycles. The summed E-state index contributed by atoms with van der Waals surface area (Å²) in [4.78, 5) is 12.1. The van der Waals surface area contributed by atoms with Crippen molar-refractivity contribution in [2.75, 3.05) is 0 Å². The average Bonchev–Trinajstić information content (AvgIpc) is 2.72. The number of nitrogens with one attached hydrogen (secondary N) is 1. The van der Waals surface area contributed by atoms with Crippen molar-refractivity contribution < 1.29 is 9.21 Å². The summed E-state index contributed by atoms with van der Waals surface area (Å²) >= 11 is 0. The fourth-order valence-corrected chi connectivity index (χ4v) is 2.12. The number of furan rings is 1. The fourth-order valence-electron chi connectivity index (χ4n) is 2.12. The van der Waals surface area contributed by atoms with Crippen molar-refractivity contribution in [1.82, 2.24) is 5.32 Å². The van der Waals surface area contributed by atoms with E-state index in [4.69, 9.17) is 4.42 Å². The van der Waals surface area contributed by atoms with Gasteiger partial charge in [-0.05, 0) is 49.9 Å². The van der Waals surface area contributed by atoms with Crippen LogP contribution in [0.3, 0.4) is 0 Å². The number of rotatable bonds is 4. The van der Waals surface area contributed by atoms with E-state index in [1.165, 1.54) is 11.1 Å². The lowest BCUT2D eigenvalue weighted by atomic mass is 10.0. The Morgan fingerprint density at radius 1 is 1.20 bits per heavy atom. The van der Waals surface area contributed by atoms with Crippen LogP contribution in [0.25, 0.3) is 11.0 Å². The van der Waals surface area contributed by atoms with Gasteiger partial charge in [0, 0.05) is 17.0 Å². The molecule has 1 aromatic heterocycles. The number of hydrogen-bond donors (Lipinski definition) is 1. The molecule has 0 aliphatic carbocycles. The molecule has 2 rings (SSSR count). The molecule has 1 N–H and O–H groups in total. The highest BCUT2D eigenvalue weighted by Crippen LogP contribution is 2.25. The number of amides is 1. The Morgan fingerprint density at radius 3 is 2.50 bits per heavy atom. The standard InChI is InChI=1S/C17H23NO2/c1-10(2)13(5)18-17(19)8-14-9-20-16-7-12(4)11(3)6-15(14)16/h6-7,9-10,13H,8H2,1-5H3,(H,18,19). The van der Waals surface area contributed by atoms with Gasteiger partial charge < -0.3 is 9.73 Å². The molecule has 3 heteroatoms. The highest BCUT2D eigenvalue weighted by Gasteiger charge is 2.14. The van der Waals surface area contributed by atoms with Gasteiger partial charge in [-0.15, -0.1) is 0 Å². The van der Waals surface area contributed by atoms with Crippen molar-refractivity contribution in [3.8, 4) is 0 Å². The molecule has 3 nitrogen and oxygen atoms in total. The summed E-state index contributed by atoms with van der Waals surface area (Å²) < 4.78 is 5.56. The summed E-state index contributed by atoms with van der Waals surface area (Å²) in [5, 5.41) is 4.07. The fraction of sp³-hybridized carbons (Fsp3) is 0.471. The highest BCUT2D eigenvalue weighted by atomic mass is 16.3. The second-order valence-corrected chi connectivity index (χ2v) is 5.97. The molecule has 1 unspecified atom stereocenters. The molecule has 0 spiro atoms. The normalized spacial score (nSPS) is 12.9. The van der Waals surface area contributed by atoms with E-state index in [9.17, 15) is 4.79 Å². The molecule has 2 aromatic rings. The number of benzene rings is 1. The predicted octanol–water partition coefficient (Wildman–Crippen LogP) is 3.75. The lowest BCUT2D eigenvalue weighted by Gasteiger charge is -2.17. The molecular formula is C17H23NO2. The topological polar surface area (TPSA) is 42.2 Å². The van der Waals surface area contributed by atoms with Crippen LogP contribution in [-0.2, 0) is 11.2 Å². The maximum atomic E-state index is 12.1. The molecule has 0 aliphatic heterocycles. The van der Waals surface area contributed by atoms with Gasteiger partial charge in [-0.1, -0.05) is 13.8 Å². The lowest BCUT2D eigenvalue weighted by Crippen LogP contribution is -2.36. The van der Waals surface area contributed by atoms with E-state index in [-0.39, 0.29) is 11.9 Å². The van der Waals surface area contributed by atoms with Gasteiger partial charge in [0.15, 0.2) is 0 Å². The minimum Gasteiger partial charge on any atom is -0.464 e. The molecule has 1 amide bonds. The van der Waals surface area contributed by atoms with Gasteiger partial charge >= 0.3 is 0 Å². The first-order valence-electron chi connectivity index (χ1n) is 7.15. The number of aryl methyl sites for hydroxylation is 2. The Bertz CT molecular complexity index is 625. The summed E-state index contributed by atoms with van der Waals surface area (Å²) in [5.74, 6) is 0.483. The first kappa shape index (κ1) is 14.6. The average molecular weight is 273 g/mol. The van der Waals surface area contributed by atoms with Crippen molar-refractivity contribution in [3.63, 3.8) is 0 Å². The van der Waals surface area contributed by atoms with Gasteiger partial charge in [0.05, 0.1) is 12.7 Å². The van der Waals surface area contributed by atoms with Crippen LogP contribution in [0.15, 0.2) is 22.8 Å². The molecule has 0 fully saturated rings. The van der Waals surface area contributed by atoms with Gasteiger partial charge in [-0.25, -0.2) is 0 Å². The van der Waals surface area contributed by atoms with E-state index >= 15 is 0 Å². The van der Waals surface area contributed by atoms with Crippen molar-refractivity contribution in [2.24, 2.45) is 5.92 Å². The Balaban J connectivity index is 2.18. The molecule has 0 bridgehead atoms. The molecule has 1 heterocycles. The molecule has 0 saturated heterocycles. The SMILES string of the molecule is Cc1cc2occ(CC(=O)NC(C)C(C)C)c2cc1C. The Hall–Kier alpha value is -1.77. The summed E-state index contributed by atoms with van der Waals surface area (Å²) in [6.07, 6.45) is 2.07. The van der Waals surface area contributed by atoms with Crippen molar-refractivity contribution >= 4 is 16.9 Å². The van der Waals surface area contributed by atoms with E-state index in [0.29, 0.717) is 12.3 Å². The molecule has 1 aromatic carbocycles. The van der Waals surface area contributed by atoms with E-state index < -0.39 is 0 Å².